The predicted molar refractivity (Wildman–Crippen MR) is 81.0 cm³/mol. The number of nitrogens with one attached hydrogen (secondary N) is 2. The number of hydrogen-bond acceptors (Lipinski definition) is 3. The van der Waals surface area contributed by atoms with E-state index in [1.807, 2.05) is 25.1 Å². The second-order valence-electron chi connectivity index (χ2n) is 5.08. The molecule has 0 radical (unpaired) electrons. The van der Waals surface area contributed by atoms with E-state index in [1.54, 1.807) is 0 Å². The van der Waals surface area contributed by atoms with Crippen molar-refractivity contribution in [2.45, 2.75) is 32.6 Å². The van der Waals surface area contributed by atoms with Crippen molar-refractivity contribution in [1.82, 2.24) is 9.97 Å². The summed E-state index contributed by atoms with van der Waals surface area (Å²) in [7, 11) is 0. The summed E-state index contributed by atoms with van der Waals surface area (Å²) < 4.78 is 0. The first kappa shape index (κ1) is 13.2. The minimum Gasteiger partial charge on any atom is -0.325 e. The Balaban J connectivity index is 1.97. The molecule has 2 N–H and O–H groups in total. The van der Waals surface area contributed by atoms with Crippen molar-refractivity contribution in [3.05, 3.63) is 50.4 Å². The molecule has 3 rings (SSSR count). The van der Waals surface area contributed by atoms with Crippen LogP contribution in [0.3, 0.4) is 0 Å². The highest BCUT2D eigenvalue weighted by Crippen LogP contribution is 2.25. The largest absolute Gasteiger partial charge is 0.325 e. The summed E-state index contributed by atoms with van der Waals surface area (Å²) in [6.07, 6.45) is 3.87. The quantitative estimate of drug-likeness (QED) is 0.891. The third-order valence-electron chi connectivity index (χ3n) is 3.71. The Morgan fingerprint density at radius 2 is 2.10 bits per heavy atom. The standard InChI is InChI=1S/C15H16ClN3O/c1-9-11(16)6-4-8-12(9)17-15-18-13-7-3-2-5-10(13)14(20)19-15/h4,6,8H,2-3,5,7H2,1H3,(H2,17,18,19,20). The number of fused-ring (bicyclic) bond motifs is 1. The van der Waals surface area contributed by atoms with Crippen molar-refractivity contribution in [2.75, 3.05) is 5.32 Å². The number of aromatic nitrogens is 2. The smallest absolute Gasteiger partial charge is 0.255 e. The highest BCUT2D eigenvalue weighted by Gasteiger charge is 2.15. The van der Waals surface area contributed by atoms with E-state index in [2.05, 4.69) is 15.3 Å². The second-order valence-corrected chi connectivity index (χ2v) is 5.49. The van der Waals surface area contributed by atoms with E-state index in [0.29, 0.717) is 11.0 Å². The molecule has 0 saturated carbocycles. The van der Waals surface area contributed by atoms with E-state index in [0.717, 1.165) is 48.2 Å². The Labute approximate surface area is 122 Å². The lowest BCUT2D eigenvalue weighted by atomic mass is 9.97. The number of aryl methyl sites for hydroxylation is 1. The zero-order valence-corrected chi connectivity index (χ0v) is 12.0. The van der Waals surface area contributed by atoms with E-state index >= 15 is 0 Å². The van der Waals surface area contributed by atoms with Crippen molar-refractivity contribution in [3.8, 4) is 0 Å². The highest BCUT2D eigenvalue weighted by molar-refractivity contribution is 6.31. The number of aromatic amines is 1. The third kappa shape index (κ3) is 2.43. The molecule has 104 valence electrons. The van der Waals surface area contributed by atoms with Crippen LogP contribution in [0.25, 0.3) is 0 Å². The minimum atomic E-state index is -0.0307. The van der Waals surface area contributed by atoms with Crippen molar-refractivity contribution in [1.29, 1.82) is 0 Å². The average Bonchev–Trinajstić information content (AvgIpc) is 2.44. The molecule has 0 aliphatic heterocycles. The lowest BCUT2D eigenvalue weighted by Crippen LogP contribution is -2.22. The first-order valence-corrected chi connectivity index (χ1v) is 7.17. The number of halogens is 1. The van der Waals surface area contributed by atoms with E-state index in [-0.39, 0.29) is 5.56 Å². The molecule has 0 saturated heterocycles. The van der Waals surface area contributed by atoms with Gasteiger partial charge in [0.2, 0.25) is 5.95 Å². The SMILES string of the molecule is Cc1c(Cl)cccc1Nc1nc2c(c(=O)[nH]1)CCCC2. The van der Waals surface area contributed by atoms with Gasteiger partial charge in [-0.25, -0.2) is 4.98 Å². The van der Waals surface area contributed by atoms with Gasteiger partial charge in [0.15, 0.2) is 0 Å². The average molecular weight is 290 g/mol. The van der Waals surface area contributed by atoms with Crippen LogP contribution in [0.4, 0.5) is 11.6 Å². The molecule has 0 unspecified atom stereocenters. The van der Waals surface area contributed by atoms with Gasteiger partial charge >= 0.3 is 0 Å². The molecule has 0 amide bonds. The van der Waals surface area contributed by atoms with Crippen molar-refractivity contribution >= 4 is 23.2 Å². The predicted octanol–water partition coefficient (Wildman–Crippen LogP) is 3.35. The number of rotatable bonds is 2. The highest BCUT2D eigenvalue weighted by atomic mass is 35.5. The molecule has 1 aliphatic rings. The number of H-pyrrole nitrogens is 1. The summed E-state index contributed by atoms with van der Waals surface area (Å²) in [5.41, 5.74) is 3.52. The molecule has 1 aliphatic carbocycles. The van der Waals surface area contributed by atoms with Crippen LogP contribution < -0.4 is 10.9 Å². The molecule has 5 heteroatoms. The monoisotopic (exact) mass is 289 g/mol. The Kier molecular flexibility index (Phi) is 3.49. The van der Waals surface area contributed by atoms with Crippen LogP contribution in [0.2, 0.25) is 5.02 Å². The molecule has 20 heavy (non-hydrogen) atoms. The van der Waals surface area contributed by atoms with Gasteiger partial charge in [-0.1, -0.05) is 17.7 Å². The molecule has 1 aromatic heterocycles. The molecule has 1 aromatic carbocycles. The number of benzene rings is 1. The van der Waals surface area contributed by atoms with Crippen LogP contribution in [0.15, 0.2) is 23.0 Å². The molecular weight excluding hydrogens is 274 g/mol. The van der Waals surface area contributed by atoms with Crippen LogP contribution in [0, 0.1) is 6.92 Å². The zero-order chi connectivity index (χ0) is 14.1. The maximum absolute atomic E-state index is 12.1. The van der Waals surface area contributed by atoms with Crippen LogP contribution in [0.5, 0.6) is 0 Å². The Bertz CT molecular complexity index is 709. The van der Waals surface area contributed by atoms with Gasteiger partial charge < -0.3 is 5.32 Å². The Morgan fingerprint density at radius 3 is 2.95 bits per heavy atom. The first-order chi connectivity index (χ1) is 9.65. The lowest BCUT2D eigenvalue weighted by Gasteiger charge is -2.16. The summed E-state index contributed by atoms with van der Waals surface area (Å²) in [5.74, 6) is 0.487. The van der Waals surface area contributed by atoms with Gasteiger partial charge in [-0.15, -0.1) is 0 Å². The maximum atomic E-state index is 12.1. The summed E-state index contributed by atoms with van der Waals surface area (Å²) in [6, 6.07) is 5.62. The second kappa shape index (κ2) is 5.29. The van der Waals surface area contributed by atoms with Gasteiger partial charge in [-0.3, -0.25) is 9.78 Å². The first-order valence-electron chi connectivity index (χ1n) is 6.79. The molecule has 2 aromatic rings. The van der Waals surface area contributed by atoms with Gasteiger partial charge in [0, 0.05) is 16.3 Å². The molecule has 1 heterocycles. The van der Waals surface area contributed by atoms with Crippen LogP contribution >= 0.6 is 11.6 Å². The third-order valence-corrected chi connectivity index (χ3v) is 4.12. The van der Waals surface area contributed by atoms with E-state index in [1.165, 1.54) is 0 Å². The van der Waals surface area contributed by atoms with Crippen molar-refractivity contribution in [2.24, 2.45) is 0 Å². The normalized spacial score (nSPS) is 13.9. The molecule has 4 nitrogen and oxygen atoms in total. The van der Waals surface area contributed by atoms with Crippen LogP contribution in [0.1, 0.15) is 29.7 Å². The lowest BCUT2D eigenvalue weighted by molar-refractivity contribution is 0.658. The molecule has 0 fully saturated rings. The fourth-order valence-corrected chi connectivity index (χ4v) is 2.71. The number of nitrogens with zero attached hydrogens (tertiary/aromatic N) is 1. The number of hydrogen-bond donors (Lipinski definition) is 2. The van der Waals surface area contributed by atoms with Gasteiger partial charge in [0.25, 0.3) is 5.56 Å². The van der Waals surface area contributed by atoms with E-state index in [9.17, 15) is 4.79 Å². The van der Waals surface area contributed by atoms with Crippen molar-refractivity contribution in [3.63, 3.8) is 0 Å². The van der Waals surface area contributed by atoms with Crippen molar-refractivity contribution < 1.29 is 0 Å². The summed E-state index contributed by atoms with van der Waals surface area (Å²) in [4.78, 5) is 19.4. The summed E-state index contributed by atoms with van der Waals surface area (Å²) in [6.45, 7) is 1.93. The van der Waals surface area contributed by atoms with Gasteiger partial charge in [-0.05, 0) is 50.3 Å². The van der Waals surface area contributed by atoms with Crippen LogP contribution in [-0.2, 0) is 12.8 Å². The van der Waals surface area contributed by atoms with E-state index in [4.69, 9.17) is 11.6 Å². The fourth-order valence-electron chi connectivity index (χ4n) is 2.53. The Hall–Kier alpha value is -1.81. The molecule has 0 spiro atoms. The van der Waals surface area contributed by atoms with Crippen LogP contribution in [-0.4, -0.2) is 9.97 Å². The zero-order valence-electron chi connectivity index (χ0n) is 11.3. The fraction of sp³-hybridized carbons (Fsp3) is 0.333. The van der Waals surface area contributed by atoms with Gasteiger partial charge in [0.05, 0.1) is 5.69 Å². The number of anilines is 2. The van der Waals surface area contributed by atoms with Gasteiger partial charge in [-0.2, -0.15) is 0 Å². The van der Waals surface area contributed by atoms with E-state index < -0.39 is 0 Å². The summed E-state index contributed by atoms with van der Waals surface area (Å²) >= 11 is 6.09. The maximum Gasteiger partial charge on any atom is 0.255 e. The molecule has 0 atom stereocenters. The summed E-state index contributed by atoms with van der Waals surface area (Å²) in [5, 5.41) is 3.84. The van der Waals surface area contributed by atoms with Gasteiger partial charge in [0.1, 0.15) is 0 Å². The molecule has 0 bridgehead atoms. The molecular formula is C15H16ClN3O. The Morgan fingerprint density at radius 1 is 1.30 bits per heavy atom. The topological polar surface area (TPSA) is 57.8 Å². The minimum absolute atomic E-state index is 0.0307.